The van der Waals surface area contributed by atoms with Crippen LogP contribution < -0.4 is 5.73 Å². The van der Waals surface area contributed by atoms with E-state index in [1.165, 1.54) is 34.2 Å². The van der Waals surface area contributed by atoms with Crippen molar-refractivity contribution < 1.29 is 0 Å². The van der Waals surface area contributed by atoms with Crippen LogP contribution in [0, 0.1) is 5.92 Å². The zero-order valence-electron chi connectivity index (χ0n) is 8.65. The van der Waals surface area contributed by atoms with Gasteiger partial charge in [0.25, 0.3) is 0 Å². The summed E-state index contributed by atoms with van der Waals surface area (Å²) in [5, 5.41) is 1.34. The van der Waals surface area contributed by atoms with E-state index in [2.05, 4.69) is 30.3 Å². The van der Waals surface area contributed by atoms with E-state index in [9.17, 15) is 0 Å². The van der Waals surface area contributed by atoms with Gasteiger partial charge in [0, 0.05) is 15.6 Å². The van der Waals surface area contributed by atoms with Crippen LogP contribution in [0.25, 0.3) is 10.1 Å². The summed E-state index contributed by atoms with van der Waals surface area (Å²) in [6, 6.07) is 11.1. The Morgan fingerprint density at radius 3 is 2.73 bits per heavy atom. The van der Waals surface area contributed by atoms with E-state index >= 15 is 0 Å². The van der Waals surface area contributed by atoms with Crippen molar-refractivity contribution in [3.63, 3.8) is 0 Å². The van der Waals surface area contributed by atoms with Crippen molar-refractivity contribution in [3.05, 3.63) is 35.2 Å². The molecule has 1 saturated carbocycles. The average molecular weight is 217 g/mol. The van der Waals surface area contributed by atoms with Crippen molar-refractivity contribution in [2.75, 3.05) is 0 Å². The molecule has 1 unspecified atom stereocenters. The van der Waals surface area contributed by atoms with Gasteiger partial charge in [0.2, 0.25) is 0 Å². The molecule has 0 saturated heterocycles. The van der Waals surface area contributed by atoms with Crippen molar-refractivity contribution in [1.82, 2.24) is 0 Å². The molecule has 0 radical (unpaired) electrons. The van der Waals surface area contributed by atoms with Crippen LogP contribution >= 0.6 is 11.3 Å². The second-order valence-electron chi connectivity index (χ2n) is 4.40. The predicted octanol–water partition coefficient (Wildman–Crippen LogP) is 3.70. The maximum Gasteiger partial charge on any atom is 0.0418 e. The minimum atomic E-state index is 0.274. The first-order chi connectivity index (χ1) is 7.34. The molecule has 1 aliphatic rings. The van der Waals surface area contributed by atoms with Gasteiger partial charge >= 0.3 is 0 Å². The van der Waals surface area contributed by atoms with Gasteiger partial charge in [-0.1, -0.05) is 24.6 Å². The van der Waals surface area contributed by atoms with Gasteiger partial charge in [-0.3, -0.25) is 0 Å². The average Bonchev–Trinajstić information content (AvgIpc) is 2.58. The SMILES string of the molecule is NC(c1cc2ccccc2s1)C1CCC1. The Kier molecular flexibility index (Phi) is 2.26. The third-order valence-electron chi connectivity index (χ3n) is 3.43. The van der Waals surface area contributed by atoms with Gasteiger partial charge in [0.1, 0.15) is 0 Å². The second-order valence-corrected chi connectivity index (χ2v) is 5.52. The van der Waals surface area contributed by atoms with Crippen LogP contribution in [0.5, 0.6) is 0 Å². The van der Waals surface area contributed by atoms with Crippen molar-refractivity contribution in [3.8, 4) is 0 Å². The summed E-state index contributed by atoms with van der Waals surface area (Å²) in [6.07, 6.45) is 3.99. The Hall–Kier alpha value is -0.860. The van der Waals surface area contributed by atoms with E-state index in [1.54, 1.807) is 0 Å². The van der Waals surface area contributed by atoms with Gasteiger partial charge in [-0.25, -0.2) is 0 Å². The van der Waals surface area contributed by atoms with Crippen LogP contribution in [0.3, 0.4) is 0 Å². The number of hydrogen-bond donors (Lipinski definition) is 1. The molecule has 1 aromatic heterocycles. The highest BCUT2D eigenvalue weighted by Gasteiger charge is 2.26. The summed E-state index contributed by atoms with van der Waals surface area (Å²) >= 11 is 1.86. The molecule has 2 aromatic rings. The molecule has 0 amide bonds. The molecule has 1 fully saturated rings. The maximum absolute atomic E-state index is 6.27. The van der Waals surface area contributed by atoms with Crippen LogP contribution in [0.4, 0.5) is 0 Å². The summed E-state index contributed by atoms with van der Waals surface area (Å²) in [5.41, 5.74) is 6.27. The van der Waals surface area contributed by atoms with Gasteiger partial charge in [-0.15, -0.1) is 11.3 Å². The zero-order valence-corrected chi connectivity index (χ0v) is 9.46. The molecule has 2 heteroatoms. The molecule has 0 bridgehead atoms. The largest absolute Gasteiger partial charge is 0.323 e. The smallest absolute Gasteiger partial charge is 0.0418 e. The maximum atomic E-state index is 6.27. The van der Waals surface area contributed by atoms with Gasteiger partial charge in [0.05, 0.1) is 0 Å². The first kappa shape index (κ1) is 9.37. The molecule has 1 aromatic carbocycles. The van der Waals surface area contributed by atoms with Gasteiger partial charge in [0.15, 0.2) is 0 Å². The van der Waals surface area contributed by atoms with Crippen molar-refractivity contribution in [1.29, 1.82) is 0 Å². The quantitative estimate of drug-likeness (QED) is 0.815. The molecule has 1 aliphatic carbocycles. The molecule has 1 atom stereocenters. The van der Waals surface area contributed by atoms with Gasteiger partial charge in [-0.2, -0.15) is 0 Å². The lowest BCUT2D eigenvalue weighted by molar-refractivity contribution is 0.267. The lowest BCUT2D eigenvalue weighted by Crippen LogP contribution is -2.25. The summed E-state index contributed by atoms with van der Waals surface area (Å²) < 4.78 is 1.36. The Morgan fingerprint density at radius 2 is 2.07 bits per heavy atom. The Bertz CT molecular complexity index is 437. The molecule has 0 aliphatic heterocycles. The van der Waals surface area contributed by atoms with E-state index in [0.29, 0.717) is 0 Å². The highest BCUT2D eigenvalue weighted by Crippen LogP contribution is 2.39. The topological polar surface area (TPSA) is 26.0 Å². The number of fused-ring (bicyclic) bond motifs is 1. The standard InChI is InChI=1S/C13H15NS/c14-13(9-5-3-6-9)12-8-10-4-1-2-7-11(10)15-12/h1-2,4,7-9,13H,3,5-6,14H2. The number of hydrogen-bond acceptors (Lipinski definition) is 2. The number of thiophene rings is 1. The Morgan fingerprint density at radius 1 is 1.27 bits per heavy atom. The highest BCUT2D eigenvalue weighted by atomic mass is 32.1. The minimum absolute atomic E-state index is 0.274. The Balaban J connectivity index is 1.96. The Labute approximate surface area is 93.9 Å². The third-order valence-corrected chi connectivity index (χ3v) is 4.65. The fraction of sp³-hybridized carbons (Fsp3) is 0.385. The molecule has 15 heavy (non-hydrogen) atoms. The van der Waals surface area contributed by atoms with Gasteiger partial charge < -0.3 is 5.73 Å². The van der Waals surface area contributed by atoms with E-state index in [-0.39, 0.29) is 6.04 Å². The van der Waals surface area contributed by atoms with Crippen molar-refractivity contribution >= 4 is 21.4 Å². The second kappa shape index (κ2) is 3.62. The fourth-order valence-corrected chi connectivity index (χ4v) is 3.36. The van der Waals surface area contributed by atoms with Gasteiger partial charge in [-0.05, 0) is 36.3 Å². The summed E-state index contributed by atoms with van der Waals surface area (Å²) in [5.74, 6) is 0.734. The summed E-state index contributed by atoms with van der Waals surface area (Å²) in [4.78, 5) is 1.36. The number of rotatable bonds is 2. The molecule has 2 N–H and O–H groups in total. The van der Waals surface area contributed by atoms with Crippen molar-refractivity contribution in [2.45, 2.75) is 25.3 Å². The molecule has 1 heterocycles. The normalized spacial score (nSPS) is 19.0. The third kappa shape index (κ3) is 1.58. The molecular weight excluding hydrogens is 202 g/mol. The molecule has 78 valence electrons. The van der Waals surface area contributed by atoms with E-state index < -0.39 is 0 Å². The molecular formula is C13H15NS. The molecule has 0 spiro atoms. The van der Waals surface area contributed by atoms with Crippen LogP contribution in [0.1, 0.15) is 30.2 Å². The summed E-state index contributed by atoms with van der Waals surface area (Å²) in [6.45, 7) is 0. The number of benzene rings is 1. The van der Waals surface area contributed by atoms with Crippen LogP contribution in [0.15, 0.2) is 30.3 Å². The number of nitrogens with two attached hydrogens (primary N) is 1. The predicted molar refractivity (Wildman–Crippen MR) is 66.1 cm³/mol. The fourth-order valence-electron chi connectivity index (χ4n) is 2.20. The molecule has 1 nitrogen and oxygen atoms in total. The van der Waals surface area contributed by atoms with E-state index in [1.807, 2.05) is 11.3 Å². The van der Waals surface area contributed by atoms with E-state index in [0.717, 1.165) is 5.92 Å². The lowest BCUT2D eigenvalue weighted by atomic mass is 9.79. The highest BCUT2D eigenvalue weighted by molar-refractivity contribution is 7.19. The monoisotopic (exact) mass is 217 g/mol. The van der Waals surface area contributed by atoms with Crippen LogP contribution in [-0.4, -0.2) is 0 Å². The van der Waals surface area contributed by atoms with Crippen LogP contribution in [-0.2, 0) is 0 Å². The van der Waals surface area contributed by atoms with Crippen LogP contribution in [0.2, 0.25) is 0 Å². The minimum Gasteiger partial charge on any atom is -0.323 e. The van der Waals surface area contributed by atoms with Crippen molar-refractivity contribution in [2.24, 2.45) is 11.7 Å². The molecule has 3 rings (SSSR count). The first-order valence-corrected chi connectivity index (χ1v) is 6.40. The van der Waals surface area contributed by atoms with E-state index in [4.69, 9.17) is 5.73 Å². The summed E-state index contributed by atoms with van der Waals surface area (Å²) in [7, 11) is 0. The lowest BCUT2D eigenvalue weighted by Gasteiger charge is -2.30. The first-order valence-electron chi connectivity index (χ1n) is 5.58. The zero-order chi connectivity index (χ0) is 10.3.